The number of aliphatic carboxylic acids is 1. The fourth-order valence-corrected chi connectivity index (χ4v) is 2.31. The Morgan fingerprint density at radius 3 is 2.15 bits per heavy atom. The number of halogens is 5. The first kappa shape index (κ1) is 16.6. The van der Waals surface area contributed by atoms with Gasteiger partial charge in [-0.05, 0) is 18.8 Å². The number of hydrogen-bond acceptors (Lipinski definition) is 2. The summed E-state index contributed by atoms with van der Waals surface area (Å²) in [5.74, 6) is -10.6. The van der Waals surface area contributed by atoms with Gasteiger partial charge >= 0.3 is 24.0 Å². The van der Waals surface area contributed by atoms with Crippen molar-refractivity contribution in [3.63, 3.8) is 0 Å². The lowest BCUT2D eigenvalue weighted by atomic mass is 9.73. The van der Waals surface area contributed by atoms with Crippen LogP contribution < -0.4 is 5.32 Å². The van der Waals surface area contributed by atoms with Crippen molar-refractivity contribution >= 4 is 11.9 Å². The van der Waals surface area contributed by atoms with E-state index in [0.29, 0.717) is 19.3 Å². The third kappa shape index (κ3) is 2.71. The number of carboxylic acids is 1. The highest BCUT2D eigenvalue weighted by atomic mass is 19.4. The van der Waals surface area contributed by atoms with Gasteiger partial charge in [0.1, 0.15) is 5.54 Å². The van der Waals surface area contributed by atoms with Crippen molar-refractivity contribution in [2.75, 3.05) is 0 Å². The van der Waals surface area contributed by atoms with E-state index < -0.39 is 35.4 Å². The van der Waals surface area contributed by atoms with Crippen LogP contribution in [-0.4, -0.2) is 34.6 Å². The minimum atomic E-state index is -6.06. The van der Waals surface area contributed by atoms with E-state index in [0.717, 1.165) is 0 Å². The molecule has 0 radical (unpaired) electrons. The Kier molecular flexibility index (Phi) is 4.31. The summed E-state index contributed by atoms with van der Waals surface area (Å²) >= 11 is 0. The topological polar surface area (TPSA) is 66.4 Å². The summed E-state index contributed by atoms with van der Waals surface area (Å²) in [6.45, 7) is 1.40. The van der Waals surface area contributed by atoms with Crippen LogP contribution >= 0.6 is 0 Å². The Morgan fingerprint density at radius 2 is 1.75 bits per heavy atom. The van der Waals surface area contributed by atoms with Crippen LogP contribution in [0.2, 0.25) is 0 Å². The van der Waals surface area contributed by atoms with E-state index in [1.807, 2.05) is 0 Å². The van der Waals surface area contributed by atoms with Gasteiger partial charge in [0, 0.05) is 0 Å². The third-order valence-electron chi connectivity index (χ3n) is 3.66. The molecule has 0 saturated heterocycles. The number of nitrogens with one attached hydrogen (secondary N) is 1. The summed E-state index contributed by atoms with van der Waals surface area (Å²) in [6.07, 6.45) is -4.96. The number of hydrogen-bond donors (Lipinski definition) is 2. The van der Waals surface area contributed by atoms with Gasteiger partial charge in [0.15, 0.2) is 0 Å². The minimum absolute atomic E-state index is 0.177. The van der Waals surface area contributed by atoms with Crippen LogP contribution in [0.25, 0.3) is 0 Å². The second-order valence-corrected chi connectivity index (χ2v) is 4.95. The maximum atomic E-state index is 12.9. The fraction of sp³-hybridized carbons (Fsp3) is 0.818. The van der Waals surface area contributed by atoms with Crippen LogP contribution in [-0.2, 0) is 9.59 Å². The molecule has 0 aliphatic heterocycles. The predicted molar refractivity (Wildman–Crippen MR) is 57.1 cm³/mol. The van der Waals surface area contributed by atoms with E-state index in [1.54, 1.807) is 0 Å². The fourth-order valence-electron chi connectivity index (χ4n) is 2.31. The zero-order valence-corrected chi connectivity index (χ0v) is 10.6. The van der Waals surface area contributed by atoms with E-state index in [9.17, 15) is 31.5 Å². The molecule has 20 heavy (non-hydrogen) atoms. The van der Waals surface area contributed by atoms with Gasteiger partial charge in [-0.1, -0.05) is 19.8 Å². The Morgan fingerprint density at radius 1 is 1.20 bits per heavy atom. The summed E-state index contributed by atoms with van der Waals surface area (Å²) in [5, 5.41) is 10.6. The number of amides is 1. The lowest BCUT2D eigenvalue weighted by Crippen LogP contribution is -2.64. The second-order valence-electron chi connectivity index (χ2n) is 4.95. The largest absolute Gasteiger partial charge is 0.479 e. The van der Waals surface area contributed by atoms with Gasteiger partial charge in [0.2, 0.25) is 0 Å². The quantitative estimate of drug-likeness (QED) is 0.786. The standard InChI is InChI=1S/C11H14F5NO3/c1-6-4-2-3-5-9(6,8(19)20)17-7(18)10(12,13)11(14,15)16/h6H,2-5H2,1H3,(H,17,18)(H,19,20). The molecule has 1 rings (SSSR count). The molecule has 0 bridgehead atoms. The Bertz CT molecular complexity index is 409. The van der Waals surface area contributed by atoms with E-state index >= 15 is 0 Å². The summed E-state index contributed by atoms with van der Waals surface area (Å²) in [7, 11) is 0. The van der Waals surface area contributed by atoms with Crippen molar-refractivity contribution in [3.8, 4) is 0 Å². The molecule has 1 aliphatic rings. The number of alkyl halides is 5. The molecule has 0 aromatic carbocycles. The van der Waals surface area contributed by atoms with Crippen molar-refractivity contribution in [2.24, 2.45) is 5.92 Å². The van der Waals surface area contributed by atoms with Crippen molar-refractivity contribution in [3.05, 3.63) is 0 Å². The number of carboxylic acid groups (broad SMARTS) is 1. The molecule has 1 aliphatic carbocycles. The minimum Gasteiger partial charge on any atom is -0.479 e. The molecule has 1 saturated carbocycles. The van der Waals surface area contributed by atoms with E-state index in [4.69, 9.17) is 5.11 Å². The van der Waals surface area contributed by atoms with Crippen LogP contribution in [0.4, 0.5) is 22.0 Å². The van der Waals surface area contributed by atoms with Crippen LogP contribution in [0.3, 0.4) is 0 Å². The summed E-state index contributed by atoms with van der Waals surface area (Å²) < 4.78 is 62.1. The first-order valence-electron chi connectivity index (χ1n) is 5.95. The van der Waals surface area contributed by atoms with Crippen molar-refractivity contribution in [1.82, 2.24) is 5.32 Å². The van der Waals surface area contributed by atoms with Crippen molar-refractivity contribution < 1.29 is 36.6 Å². The first-order valence-corrected chi connectivity index (χ1v) is 5.95. The average Bonchev–Trinajstić information content (AvgIpc) is 2.30. The first-order chi connectivity index (χ1) is 8.95. The molecule has 1 amide bonds. The number of rotatable bonds is 3. The monoisotopic (exact) mass is 303 g/mol. The van der Waals surface area contributed by atoms with Gasteiger partial charge in [-0.3, -0.25) is 4.79 Å². The molecule has 9 heteroatoms. The molecule has 2 unspecified atom stereocenters. The summed E-state index contributed by atoms with van der Waals surface area (Å²) in [6, 6.07) is 0. The lowest BCUT2D eigenvalue weighted by Gasteiger charge is -2.40. The Labute approximate surface area is 111 Å². The summed E-state index contributed by atoms with van der Waals surface area (Å²) in [5.41, 5.74) is -2.08. The third-order valence-corrected chi connectivity index (χ3v) is 3.66. The van der Waals surface area contributed by atoms with Gasteiger partial charge in [-0.25, -0.2) is 4.79 Å². The summed E-state index contributed by atoms with van der Waals surface area (Å²) in [4.78, 5) is 22.4. The second kappa shape index (κ2) is 5.17. The zero-order valence-electron chi connectivity index (χ0n) is 10.6. The van der Waals surface area contributed by atoms with E-state index in [2.05, 4.69) is 0 Å². The molecule has 0 aromatic rings. The normalized spacial score (nSPS) is 28.0. The van der Waals surface area contributed by atoms with E-state index in [1.165, 1.54) is 12.2 Å². The van der Waals surface area contributed by atoms with Crippen LogP contribution in [0.1, 0.15) is 32.6 Å². The Hall–Kier alpha value is -1.41. The van der Waals surface area contributed by atoms with Crippen LogP contribution in [0.5, 0.6) is 0 Å². The highest BCUT2D eigenvalue weighted by molar-refractivity contribution is 5.91. The molecular weight excluding hydrogens is 289 g/mol. The van der Waals surface area contributed by atoms with Crippen molar-refractivity contribution in [1.29, 1.82) is 0 Å². The van der Waals surface area contributed by atoms with Gasteiger partial charge in [0.25, 0.3) is 0 Å². The number of carbonyl (C=O) groups excluding carboxylic acids is 1. The molecule has 0 heterocycles. The zero-order chi connectivity index (χ0) is 15.8. The predicted octanol–water partition coefficient (Wildman–Crippen LogP) is 2.33. The smallest absolute Gasteiger partial charge is 0.463 e. The van der Waals surface area contributed by atoms with Gasteiger partial charge in [-0.15, -0.1) is 0 Å². The van der Waals surface area contributed by atoms with Gasteiger partial charge in [0.05, 0.1) is 0 Å². The van der Waals surface area contributed by atoms with Gasteiger partial charge in [-0.2, -0.15) is 22.0 Å². The highest BCUT2D eigenvalue weighted by Gasteiger charge is 2.65. The lowest BCUT2D eigenvalue weighted by molar-refractivity contribution is -0.270. The van der Waals surface area contributed by atoms with Crippen LogP contribution in [0, 0.1) is 5.92 Å². The molecule has 2 atom stereocenters. The molecule has 2 N–H and O–H groups in total. The maximum absolute atomic E-state index is 12.9. The molecule has 116 valence electrons. The average molecular weight is 303 g/mol. The number of carbonyl (C=O) groups is 2. The van der Waals surface area contributed by atoms with Gasteiger partial charge < -0.3 is 10.4 Å². The van der Waals surface area contributed by atoms with E-state index in [-0.39, 0.29) is 6.42 Å². The molecule has 0 spiro atoms. The molecule has 4 nitrogen and oxygen atoms in total. The Balaban J connectivity index is 3.03. The SMILES string of the molecule is CC1CCCCC1(NC(=O)C(F)(F)C(F)(F)F)C(=O)O. The highest BCUT2D eigenvalue weighted by Crippen LogP contribution is 2.38. The molecular formula is C11H14F5NO3. The molecule has 1 fully saturated rings. The van der Waals surface area contributed by atoms with Crippen LogP contribution in [0.15, 0.2) is 0 Å². The maximum Gasteiger partial charge on any atom is 0.463 e. The molecule has 0 aromatic heterocycles. The van der Waals surface area contributed by atoms with Crippen molar-refractivity contribution in [2.45, 2.75) is 50.2 Å².